The summed E-state index contributed by atoms with van der Waals surface area (Å²) in [7, 11) is 1.85. The van der Waals surface area contributed by atoms with Crippen LogP contribution < -0.4 is 10.6 Å². The number of likely N-dealkylation sites (tertiary alicyclic amines) is 1. The number of aromatic nitrogens is 2. The summed E-state index contributed by atoms with van der Waals surface area (Å²) in [6.45, 7) is 3.18. The molecule has 6 nitrogen and oxygen atoms in total. The second kappa shape index (κ2) is 5.93. The van der Waals surface area contributed by atoms with Crippen molar-refractivity contribution < 1.29 is 4.79 Å². The number of nitrogens with one attached hydrogen (secondary N) is 2. The van der Waals surface area contributed by atoms with Gasteiger partial charge in [-0.2, -0.15) is 5.10 Å². The monoisotopic (exact) mass is 277 g/mol. The predicted octanol–water partition coefficient (Wildman–Crippen LogP) is 0.575. The Morgan fingerprint density at radius 1 is 1.40 bits per heavy atom. The minimum absolute atomic E-state index is 0.0140. The van der Waals surface area contributed by atoms with Crippen LogP contribution in [0.2, 0.25) is 0 Å². The third-order valence-electron chi connectivity index (χ3n) is 4.34. The second-order valence-electron chi connectivity index (χ2n) is 5.74. The zero-order valence-corrected chi connectivity index (χ0v) is 12.0. The topological polar surface area (TPSA) is 62.2 Å². The second-order valence-corrected chi connectivity index (χ2v) is 5.74. The van der Waals surface area contributed by atoms with Crippen LogP contribution in [0.25, 0.3) is 0 Å². The highest BCUT2D eigenvalue weighted by Gasteiger charge is 2.35. The molecular weight excluding hydrogens is 254 g/mol. The minimum Gasteiger partial charge on any atom is -0.317 e. The SMILES string of the molecule is Cn1ccc(NC(=O)C2CCCN2C2CCNCC2)n1. The van der Waals surface area contributed by atoms with E-state index in [2.05, 4.69) is 20.6 Å². The quantitative estimate of drug-likeness (QED) is 0.848. The largest absolute Gasteiger partial charge is 0.317 e. The maximum Gasteiger partial charge on any atom is 0.242 e. The molecule has 1 atom stereocenters. The highest BCUT2D eigenvalue weighted by molar-refractivity contribution is 5.94. The number of hydrogen-bond donors (Lipinski definition) is 2. The Bertz CT molecular complexity index is 466. The lowest BCUT2D eigenvalue weighted by atomic mass is 10.0. The summed E-state index contributed by atoms with van der Waals surface area (Å²) < 4.78 is 1.70. The highest BCUT2D eigenvalue weighted by atomic mass is 16.2. The van der Waals surface area contributed by atoms with Crippen LogP contribution in [0.3, 0.4) is 0 Å². The van der Waals surface area contributed by atoms with Gasteiger partial charge in [-0.05, 0) is 45.3 Å². The lowest BCUT2D eigenvalue weighted by Gasteiger charge is -2.35. The van der Waals surface area contributed by atoms with Crippen molar-refractivity contribution in [3.8, 4) is 0 Å². The van der Waals surface area contributed by atoms with E-state index in [-0.39, 0.29) is 11.9 Å². The van der Waals surface area contributed by atoms with E-state index < -0.39 is 0 Å². The van der Waals surface area contributed by atoms with Crippen LogP contribution >= 0.6 is 0 Å². The average molecular weight is 277 g/mol. The first-order chi connectivity index (χ1) is 9.74. The maximum atomic E-state index is 12.5. The Hall–Kier alpha value is -1.40. The Balaban J connectivity index is 1.63. The van der Waals surface area contributed by atoms with Crippen molar-refractivity contribution in [2.75, 3.05) is 25.0 Å². The van der Waals surface area contributed by atoms with Gasteiger partial charge in [-0.25, -0.2) is 0 Å². The molecule has 6 heteroatoms. The molecule has 1 aromatic rings. The first-order valence-electron chi connectivity index (χ1n) is 7.51. The van der Waals surface area contributed by atoms with E-state index >= 15 is 0 Å². The molecule has 2 aliphatic rings. The summed E-state index contributed by atoms with van der Waals surface area (Å²) in [5.41, 5.74) is 0. The number of carbonyl (C=O) groups is 1. The van der Waals surface area contributed by atoms with E-state index in [9.17, 15) is 4.79 Å². The number of hydrogen-bond acceptors (Lipinski definition) is 4. The molecule has 1 amide bonds. The zero-order valence-electron chi connectivity index (χ0n) is 12.0. The number of piperidine rings is 1. The Morgan fingerprint density at radius 3 is 2.90 bits per heavy atom. The van der Waals surface area contributed by atoms with Crippen LogP contribution in [0, 0.1) is 0 Å². The van der Waals surface area contributed by atoms with Crippen molar-refractivity contribution in [3.05, 3.63) is 12.3 Å². The van der Waals surface area contributed by atoms with E-state index in [1.165, 1.54) is 0 Å². The van der Waals surface area contributed by atoms with Crippen molar-refractivity contribution in [2.24, 2.45) is 7.05 Å². The standard InChI is InChI=1S/C14H23N5O/c1-18-10-6-13(17-18)16-14(20)12-3-2-9-19(12)11-4-7-15-8-5-11/h6,10-12,15H,2-5,7-9H2,1H3,(H,16,17,20). The molecule has 2 aliphatic heterocycles. The summed E-state index contributed by atoms with van der Waals surface area (Å²) in [4.78, 5) is 14.9. The van der Waals surface area contributed by atoms with Gasteiger partial charge in [0.1, 0.15) is 0 Å². The van der Waals surface area contributed by atoms with E-state index in [1.54, 1.807) is 4.68 Å². The van der Waals surface area contributed by atoms with Gasteiger partial charge in [0.15, 0.2) is 5.82 Å². The van der Waals surface area contributed by atoms with Gasteiger partial charge >= 0.3 is 0 Å². The van der Waals surface area contributed by atoms with Crippen molar-refractivity contribution in [1.29, 1.82) is 0 Å². The normalized spacial score (nSPS) is 24.9. The predicted molar refractivity (Wildman–Crippen MR) is 77.5 cm³/mol. The van der Waals surface area contributed by atoms with Crippen LogP contribution in [0.5, 0.6) is 0 Å². The number of anilines is 1. The van der Waals surface area contributed by atoms with Gasteiger partial charge < -0.3 is 10.6 Å². The Kier molecular flexibility index (Phi) is 4.03. The van der Waals surface area contributed by atoms with E-state index in [1.807, 2.05) is 19.3 Å². The van der Waals surface area contributed by atoms with Crippen molar-refractivity contribution in [2.45, 2.75) is 37.8 Å². The Labute approximate surface area is 119 Å². The van der Waals surface area contributed by atoms with Gasteiger partial charge in [0, 0.05) is 25.4 Å². The molecule has 3 heterocycles. The van der Waals surface area contributed by atoms with Crippen molar-refractivity contribution in [1.82, 2.24) is 20.0 Å². The number of aryl methyl sites for hydroxylation is 1. The van der Waals surface area contributed by atoms with Gasteiger partial charge in [-0.3, -0.25) is 14.4 Å². The fourth-order valence-corrected chi connectivity index (χ4v) is 3.34. The molecule has 2 N–H and O–H groups in total. The van der Waals surface area contributed by atoms with Gasteiger partial charge in [-0.15, -0.1) is 0 Å². The zero-order chi connectivity index (χ0) is 13.9. The molecule has 0 aromatic carbocycles. The van der Waals surface area contributed by atoms with Crippen molar-refractivity contribution in [3.63, 3.8) is 0 Å². The summed E-state index contributed by atoms with van der Waals surface area (Å²) in [5, 5.41) is 10.5. The molecule has 0 saturated carbocycles. The summed E-state index contributed by atoms with van der Waals surface area (Å²) in [6, 6.07) is 2.40. The molecule has 20 heavy (non-hydrogen) atoms. The van der Waals surface area contributed by atoms with Crippen LogP contribution in [0.1, 0.15) is 25.7 Å². The van der Waals surface area contributed by atoms with Crippen LogP contribution in [0.4, 0.5) is 5.82 Å². The number of nitrogens with zero attached hydrogens (tertiary/aromatic N) is 3. The number of rotatable bonds is 3. The number of amides is 1. The van der Waals surface area contributed by atoms with Gasteiger partial charge in [0.25, 0.3) is 0 Å². The molecule has 1 unspecified atom stereocenters. The molecule has 0 radical (unpaired) electrons. The van der Waals surface area contributed by atoms with E-state index in [4.69, 9.17) is 0 Å². The van der Waals surface area contributed by atoms with E-state index in [0.717, 1.165) is 45.3 Å². The molecule has 3 rings (SSSR count). The summed E-state index contributed by atoms with van der Waals surface area (Å²) in [6.07, 6.45) is 6.21. The summed E-state index contributed by atoms with van der Waals surface area (Å²) >= 11 is 0. The van der Waals surface area contributed by atoms with E-state index in [0.29, 0.717) is 11.9 Å². The van der Waals surface area contributed by atoms with Gasteiger partial charge in [-0.1, -0.05) is 0 Å². The van der Waals surface area contributed by atoms with Crippen LogP contribution in [-0.4, -0.2) is 52.3 Å². The van der Waals surface area contributed by atoms with Gasteiger partial charge in [0.2, 0.25) is 5.91 Å². The molecular formula is C14H23N5O. The average Bonchev–Trinajstić information content (AvgIpc) is 3.09. The fraction of sp³-hybridized carbons (Fsp3) is 0.714. The molecule has 110 valence electrons. The maximum absolute atomic E-state index is 12.5. The fourth-order valence-electron chi connectivity index (χ4n) is 3.34. The third kappa shape index (κ3) is 2.86. The minimum atomic E-state index is 0.0140. The molecule has 2 saturated heterocycles. The molecule has 0 bridgehead atoms. The Morgan fingerprint density at radius 2 is 2.20 bits per heavy atom. The highest BCUT2D eigenvalue weighted by Crippen LogP contribution is 2.25. The summed E-state index contributed by atoms with van der Waals surface area (Å²) in [5.74, 6) is 0.745. The van der Waals surface area contributed by atoms with Crippen molar-refractivity contribution >= 4 is 11.7 Å². The van der Waals surface area contributed by atoms with Gasteiger partial charge in [0.05, 0.1) is 6.04 Å². The molecule has 2 fully saturated rings. The first kappa shape index (κ1) is 13.6. The van der Waals surface area contributed by atoms with Crippen LogP contribution in [-0.2, 0) is 11.8 Å². The molecule has 1 aromatic heterocycles. The van der Waals surface area contributed by atoms with Crippen LogP contribution in [0.15, 0.2) is 12.3 Å². The lowest BCUT2D eigenvalue weighted by molar-refractivity contribution is -0.121. The number of carbonyl (C=O) groups excluding carboxylic acids is 1. The first-order valence-corrected chi connectivity index (χ1v) is 7.51. The molecule has 0 aliphatic carbocycles. The lowest BCUT2D eigenvalue weighted by Crippen LogP contribution is -2.49. The third-order valence-corrected chi connectivity index (χ3v) is 4.34. The smallest absolute Gasteiger partial charge is 0.242 e. The molecule has 0 spiro atoms.